The van der Waals surface area contributed by atoms with E-state index >= 15 is 0 Å². The van der Waals surface area contributed by atoms with Crippen LogP contribution in [0.5, 0.6) is 0 Å². The second kappa shape index (κ2) is 13.2. The third-order valence-corrected chi connectivity index (χ3v) is 6.40. The molecular formula is C21H42IN5. The second-order valence-corrected chi connectivity index (χ2v) is 8.55. The lowest BCUT2D eigenvalue weighted by Gasteiger charge is -2.26. The van der Waals surface area contributed by atoms with Crippen molar-refractivity contribution in [2.24, 2.45) is 10.9 Å². The number of aliphatic imine (C=N–C) groups is 1. The average Bonchev–Trinajstić information content (AvgIpc) is 3.35. The summed E-state index contributed by atoms with van der Waals surface area (Å²) in [6.45, 7) is 11.3. The van der Waals surface area contributed by atoms with Gasteiger partial charge in [0, 0.05) is 33.2 Å². The van der Waals surface area contributed by atoms with Crippen LogP contribution >= 0.6 is 24.0 Å². The van der Waals surface area contributed by atoms with Gasteiger partial charge in [0.05, 0.1) is 0 Å². The lowest BCUT2D eigenvalue weighted by molar-refractivity contribution is 0.224. The summed E-state index contributed by atoms with van der Waals surface area (Å²) in [6.07, 6.45) is 12.3. The number of nitrogens with one attached hydrogen (secondary N) is 1. The van der Waals surface area contributed by atoms with Gasteiger partial charge in [-0.3, -0.25) is 4.99 Å². The Bertz CT molecular complexity index is 419. The third-order valence-electron chi connectivity index (χ3n) is 6.40. The molecule has 5 nitrogen and oxygen atoms in total. The van der Waals surface area contributed by atoms with E-state index in [1.54, 1.807) is 0 Å². The van der Waals surface area contributed by atoms with Crippen molar-refractivity contribution in [1.82, 2.24) is 20.0 Å². The summed E-state index contributed by atoms with van der Waals surface area (Å²) in [5.74, 6) is 1.96. The molecule has 3 aliphatic rings. The molecule has 1 atom stereocenters. The largest absolute Gasteiger partial charge is 0.356 e. The Morgan fingerprint density at radius 1 is 0.889 bits per heavy atom. The number of likely N-dealkylation sites (tertiary alicyclic amines) is 3. The lowest BCUT2D eigenvalue weighted by Crippen LogP contribution is -2.41. The zero-order valence-electron chi connectivity index (χ0n) is 17.5. The molecule has 0 aromatic rings. The van der Waals surface area contributed by atoms with Crippen molar-refractivity contribution in [2.45, 2.75) is 57.8 Å². The molecule has 158 valence electrons. The van der Waals surface area contributed by atoms with Gasteiger partial charge >= 0.3 is 0 Å². The maximum Gasteiger partial charge on any atom is 0.193 e. The first-order valence-corrected chi connectivity index (χ1v) is 11.3. The van der Waals surface area contributed by atoms with Gasteiger partial charge in [-0.15, -0.1) is 24.0 Å². The zero-order valence-corrected chi connectivity index (χ0v) is 19.8. The van der Waals surface area contributed by atoms with Gasteiger partial charge in [-0.2, -0.15) is 0 Å². The van der Waals surface area contributed by atoms with E-state index in [-0.39, 0.29) is 24.0 Å². The van der Waals surface area contributed by atoms with Gasteiger partial charge < -0.3 is 20.0 Å². The number of hydrogen-bond donors (Lipinski definition) is 1. The van der Waals surface area contributed by atoms with Gasteiger partial charge in [0.2, 0.25) is 0 Å². The zero-order chi connectivity index (χ0) is 18.0. The van der Waals surface area contributed by atoms with Gasteiger partial charge in [-0.05, 0) is 83.6 Å². The van der Waals surface area contributed by atoms with Crippen molar-refractivity contribution in [3.8, 4) is 0 Å². The Balaban J connectivity index is 0.00000261. The van der Waals surface area contributed by atoms with Crippen LogP contribution in [0, 0.1) is 5.92 Å². The van der Waals surface area contributed by atoms with Crippen molar-refractivity contribution in [1.29, 1.82) is 0 Å². The van der Waals surface area contributed by atoms with E-state index < -0.39 is 0 Å². The van der Waals surface area contributed by atoms with E-state index in [4.69, 9.17) is 0 Å². The Hall–Kier alpha value is -0.0800. The molecule has 0 radical (unpaired) electrons. The van der Waals surface area contributed by atoms with Gasteiger partial charge in [-0.25, -0.2) is 0 Å². The Morgan fingerprint density at radius 2 is 1.59 bits per heavy atom. The van der Waals surface area contributed by atoms with Gasteiger partial charge in [0.1, 0.15) is 0 Å². The maximum atomic E-state index is 4.54. The Kier molecular flexibility index (Phi) is 11.3. The number of nitrogens with zero attached hydrogens (tertiary/aromatic N) is 4. The number of unbranched alkanes of at least 4 members (excludes halogenated alkanes) is 2. The van der Waals surface area contributed by atoms with Gasteiger partial charge in [0.25, 0.3) is 0 Å². The molecule has 3 saturated heterocycles. The smallest absolute Gasteiger partial charge is 0.193 e. The predicted octanol–water partition coefficient (Wildman–Crippen LogP) is 3.25. The summed E-state index contributed by atoms with van der Waals surface area (Å²) in [7, 11) is 1.94. The highest BCUT2D eigenvalue weighted by atomic mass is 127. The van der Waals surface area contributed by atoms with E-state index in [1.165, 1.54) is 110 Å². The maximum absolute atomic E-state index is 4.54. The highest BCUT2D eigenvalue weighted by Crippen LogP contribution is 2.20. The predicted molar refractivity (Wildman–Crippen MR) is 126 cm³/mol. The molecule has 0 aromatic carbocycles. The minimum atomic E-state index is 0. The average molecular weight is 492 g/mol. The molecule has 6 heteroatoms. The van der Waals surface area contributed by atoms with Crippen LogP contribution in [0.4, 0.5) is 0 Å². The third kappa shape index (κ3) is 8.05. The molecule has 3 rings (SSSR count). The molecule has 1 N–H and O–H groups in total. The minimum Gasteiger partial charge on any atom is -0.356 e. The molecule has 0 spiro atoms. The van der Waals surface area contributed by atoms with Crippen LogP contribution in [0.2, 0.25) is 0 Å². The van der Waals surface area contributed by atoms with Crippen LogP contribution in [0.15, 0.2) is 4.99 Å². The number of piperidine rings is 1. The van der Waals surface area contributed by atoms with Crippen molar-refractivity contribution in [2.75, 3.05) is 66.0 Å². The number of rotatable bonds is 8. The fourth-order valence-corrected chi connectivity index (χ4v) is 4.86. The van der Waals surface area contributed by atoms with Crippen LogP contribution in [0.25, 0.3) is 0 Å². The minimum absolute atomic E-state index is 0. The molecule has 3 fully saturated rings. The van der Waals surface area contributed by atoms with Crippen LogP contribution in [0.3, 0.4) is 0 Å². The quantitative estimate of drug-likeness (QED) is 0.245. The first kappa shape index (κ1) is 23.2. The van der Waals surface area contributed by atoms with Crippen LogP contribution in [-0.4, -0.2) is 86.6 Å². The normalized spacial score (nSPS) is 25.0. The van der Waals surface area contributed by atoms with E-state index in [0.29, 0.717) is 0 Å². The number of guanidine groups is 1. The summed E-state index contributed by atoms with van der Waals surface area (Å²) < 4.78 is 0. The standard InChI is InChI=1S/C21H41N5.HI/c1-22-21(23-11-4-2-5-12-24-13-6-3-7-14-24)26-17-10-20(19-26)18-25-15-8-9-16-25;/h20H,2-19H2,1H3,(H,22,23);1H. The fraction of sp³-hybridized carbons (Fsp3) is 0.952. The number of halogens is 1. The fourth-order valence-electron chi connectivity index (χ4n) is 4.86. The SMILES string of the molecule is CN=C(NCCCCCN1CCCCC1)N1CCC(CN2CCCC2)C1.I. The Morgan fingerprint density at radius 3 is 2.33 bits per heavy atom. The molecule has 0 amide bonds. The second-order valence-electron chi connectivity index (χ2n) is 8.55. The summed E-state index contributed by atoms with van der Waals surface area (Å²) in [5.41, 5.74) is 0. The molecule has 0 aromatic heterocycles. The van der Waals surface area contributed by atoms with E-state index in [2.05, 4.69) is 25.0 Å². The summed E-state index contributed by atoms with van der Waals surface area (Å²) in [5, 5.41) is 3.61. The first-order valence-electron chi connectivity index (χ1n) is 11.3. The van der Waals surface area contributed by atoms with Crippen LogP contribution in [-0.2, 0) is 0 Å². The van der Waals surface area contributed by atoms with Crippen molar-refractivity contribution in [3.63, 3.8) is 0 Å². The lowest BCUT2D eigenvalue weighted by atomic mass is 10.1. The molecule has 27 heavy (non-hydrogen) atoms. The van der Waals surface area contributed by atoms with Crippen LogP contribution < -0.4 is 5.32 Å². The van der Waals surface area contributed by atoms with Crippen molar-refractivity contribution < 1.29 is 0 Å². The summed E-state index contributed by atoms with van der Waals surface area (Å²) in [6, 6.07) is 0. The summed E-state index contributed by atoms with van der Waals surface area (Å²) >= 11 is 0. The molecule has 1 unspecified atom stereocenters. The molecule has 0 aliphatic carbocycles. The Labute approximate surface area is 184 Å². The van der Waals surface area contributed by atoms with Gasteiger partial charge in [0.15, 0.2) is 5.96 Å². The first-order chi connectivity index (χ1) is 12.8. The van der Waals surface area contributed by atoms with Crippen molar-refractivity contribution in [3.05, 3.63) is 0 Å². The van der Waals surface area contributed by atoms with E-state index in [1.807, 2.05) is 7.05 Å². The molecule has 0 bridgehead atoms. The highest BCUT2D eigenvalue weighted by molar-refractivity contribution is 14.0. The molecular weight excluding hydrogens is 449 g/mol. The molecule has 3 heterocycles. The van der Waals surface area contributed by atoms with E-state index in [9.17, 15) is 0 Å². The van der Waals surface area contributed by atoms with Crippen LogP contribution in [0.1, 0.15) is 57.8 Å². The topological polar surface area (TPSA) is 34.1 Å². The van der Waals surface area contributed by atoms with E-state index in [0.717, 1.165) is 18.4 Å². The van der Waals surface area contributed by atoms with Crippen molar-refractivity contribution >= 4 is 29.9 Å². The highest BCUT2D eigenvalue weighted by Gasteiger charge is 2.27. The molecule has 0 saturated carbocycles. The monoisotopic (exact) mass is 491 g/mol. The molecule has 3 aliphatic heterocycles. The summed E-state index contributed by atoms with van der Waals surface area (Å²) in [4.78, 5) is 12.3. The number of hydrogen-bond acceptors (Lipinski definition) is 3. The van der Waals surface area contributed by atoms with Gasteiger partial charge in [-0.1, -0.05) is 12.8 Å².